The molecule has 0 atom stereocenters. The van der Waals surface area contributed by atoms with Crippen LogP contribution >= 0.6 is 0 Å². The van der Waals surface area contributed by atoms with Gasteiger partial charge in [-0.05, 0) is 39.7 Å². The van der Waals surface area contributed by atoms with E-state index in [1.54, 1.807) is 0 Å². The molecule has 0 radical (unpaired) electrons. The van der Waals surface area contributed by atoms with E-state index in [1.165, 1.54) is 11.3 Å². The van der Waals surface area contributed by atoms with Crippen LogP contribution in [-0.2, 0) is 12.8 Å². The minimum atomic E-state index is 0.811. The number of anilines is 1. The van der Waals surface area contributed by atoms with Gasteiger partial charge in [-0.1, -0.05) is 13.8 Å². The van der Waals surface area contributed by atoms with Crippen LogP contribution in [-0.4, -0.2) is 26.3 Å². The Balaban J connectivity index is 2.65. The lowest BCUT2D eigenvalue weighted by atomic mass is 10.1. The number of hydrogen-bond donors (Lipinski definition) is 1. The lowest BCUT2D eigenvalue weighted by Gasteiger charge is -2.14. The summed E-state index contributed by atoms with van der Waals surface area (Å²) in [6.45, 7) is 13.4. The van der Waals surface area contributed by atoms with E-state index in [0.29, 0.717) is 0 Å². The first-order valence-corrected chi connectivity index (χ1v) is 7.70. The van der Waals surface area contributed by atoms with Crippen molar-refractivity contribution in [2.75, 3.05) is 11.9 Å². The first-order chi connectivity index (χ1) is 10.0. The highest BCUT2D eigenvalue weighted by Gasteiger charge is 2.17. The van der Waals surface area contributed by atoms with E-state index in [-0.39, 0.29) is 0 Å². The molecule has 2 aromatic rings. The van der Waals surface area contributed by atoms with E-state index in [9.17, 15) is 0 Å². The monoisotopic (exact) mass is 287 g/mol. The molecule has 0 amide bonds. The topological polar surface area (TPSA) is 55.6 Å². The van der Waals surface area contributed by atoms with Crippen LogP contribution in [0, 0.1) is 20.8 Å². The molecule has 114 valence electrons. The third-order valence-corrected chi connectivity index (χ3v) is 3.82. The van der Waals surface area contributed by atoms with Crippen molar-refractivity contribution >= 4 is 5.82 Å². The van der Waals surface area contributed by atoms with Gasteiger partial charge in [0.25, 0.3) is 0 Å². The van der Waals surface area contributed by atoms with Gasteiger partial charge < -0.3 is 5.32 Å². The van der Waals surface area contributed by atoms with Crippen LogP contribution < -0.4 is 5.32 Å². The number of nitrogens with zero attached hydrogens (tertiary/aromatic N) is 4. The summed E-state index contributed by atoms with van der Waals surface area (Å²) in [6.07, 6.45) is 1.80. The summed E-state index contributed by atoms with van der Waals surface area (Å²) in [4.78, 5) is 9.29. The molecule has 0 aliphatic heterocycles. The number of rotatable bonds is 5. The Morgan fingerprint density at radius 3 is 2.24 bits per heavy atom. The van der Waals surface area contributed by atoms with Crippen LogP contribution in [0.4, 0.5) is 5.82 Å². The van der Waals surface area contributed by atoms with Gasteiger partial charge in [-0.15, -0.1) is 0 Å². The Hall–Kier alpha value is -1.91. The van der Waals surface area contributed by atoms with Crippen molar-refractivity contribution in [1.29, 1.82) is 0 Å². The molecule has 0 aliphatic rings. The largest absolute Gasteiger partial charge is 0.370 e. The molecule has 0 fully saturated rings. The highest BCUT2D eigenvalue weighted by atomic mass is 15.3. The van der Waals surface area contributed by atoms with Gasteiger partial charge in [-0.25, -0.2) is 14.6 Å². The zero-order valence-corrected chi connectivity index (χ0v) is 13.9. The minimum Gasteiger partial charge on any atom is -0.370 e. The normalized spacial score (nSPS) is 11.0. The molecule has 0 aliphatic carbocycles. The lowest BCUT2D eigenvalue weighted by molar-refractivity contribution is 0.774. The molecule has 21 heavy (non-hydrogen) atoms. The molecular weight excluding hydrogens is 262 g/mol. The zero-order chi connectivity index (χ0) is 15.6. The van der Waals surface area contributed by atoms with Crippen molar-refractivity contribution in [2.24, 2.45) is 0 Å². The number of nitrogens with one attached hydrogen (secondary N) is 1. The molecule has 0 saturated carbocycles. The van der Waals surface area contributed by atoms with Crippen LogP contribution in [0.5, 0.6) is 0 Å². The molecule has 0 bridgehead atoms. The molecule has 0 spiro atoms. The Kier molecular flexibility index (Phi) is 4.60. The molecule has 5 heteroatoms. The molecular formula is C16H25N5. The molecule has 2 rings (SSSR count). The molecule has 0 aromatic carbocycles. The molecule has 2 aromatic heterocycles. The molecule has 1 N–H and O–H groups in total. The summed E-state index contributed by atoms with van der Waals surface area (Å²) in [5.41, 5.74) is 4.59. The van der Waals surface area contributed by atoms with E-state index in [0.717, 1.165) is 48.1 Å². The second-order valence-electron chi connectivity index (χ2n) is 5.24. The van der Waals surface area contributed by atoms with Gasteiger partial charge in [0.1, 0.15) is 11.6 Å². The Labute approximate surface area is 126 Å². The van der Waals surface area contributed by atoms with Gasteiger partial charge in [-0.2, -0.15) is 5.10 Å². The van der Waals surface area contributed by atoms with Crippen molar-refractivity contribution in [2.45, 2.75) is 54.4 Å². The fourth-order valence-electron chi connectivity index (χ4n) is 2.65. The van der Waals surface area contributed by atoms with Gasteiger partial charge in [0.05, 0.1) is 5.69 Å². The van der Waals surface area contributed by atoms with Crippen molar-refractivity contribution in [3.05, 3.63) is 28.3 Å². The maximum Gasteiger partial charge on any atom is 0.162 e. The first kappa shape index (κ1) is 15.5. The molecule has 0 unspecified atom stereocenters. The van der Waals surface area contributed by atoms with Gasteiger partial charge in [-0.3, -0.25) is 0 Å². The fraction of sp³-hybridized carbons (Fsp3) is 0.562. The van der Waals surface area contributed by atoms with Crippen LogP contribution in [0.15, 0.2) is 0 Å². The Bertz CT molecular complexity index is 643. The summed E-state index contributed by atoms with van der Waals surface area (Å²) in [6, 6.07) is 0. The van der Waals surface area contributed by atoms with Crippen molar-refractivity contribution in [1.82, 2.24) is 19.7 Å². The highest BCUT2D eigenvalue weighted by Crippen LogP contribution is 2.23. The summed E-state index contributed by atoms with van der Waals surface area (Å²) in [5, 5.41) is 8.01. The molecule has 5 nitrogen and oxygen atoms in total. The van der Waals surface area contributed by atoms with Crippen molar-refractivity contribution < 1.29 is 0 Å². The summed E-state index contributed by atoms with van der Waals surface area (Å²) in [5.74, 6) is 2.64. The first-order valence-electron chi connectivity index (χ1n) is 7.70. The Morgan fingerprint density at radius 1 is 1.00 bits per heavy atom. The highest BCUT2D eigenvalue weighted by molar-refractivity contribution is 5.52. The third kappa shape index (κ3) is 2.77. The number of aryl methyl sites for hydroxylation is 2. The second-order valence-corrected chi connectivity index (χ2v) is 5.24. The van der Waals surface area contributed by atoms with Crippen LogP contribution in [0.2, 0.25) is 0 Å². The Morgan fingerprint density at radius 2 is 1.71 bits per heavy atom. The summed E-state index contributed by atoms with van der Waals surface area (Å²) < 4.78 is 1.96. The number of hydrogen-bond acceptors (Lipinski definition) is 4. The van der Waals surface area contributed by atoms with Gasteiger partial charge in [0.15, 0.2) is 5.82 Å². The average Bonchev–Trinajstić information content (AvgIpc) is 2.75. The second kappa shape index (κ2) is 6.24. The summed E-state index contributed by atoms with van der Waals surface area (Å²) in [7, 11) is 0. The average molecular weight is 287 g/mol. The van der Waals surface area contributed by atoms with E-state index >= 15 is 0 Å². The van der Waals surface area contributed by atoms with E-state index in [2.05, 4.69) is 56.9 Å². The fourth-order valence-corrected chi connectivity index (χ4v) is 2.65. The van der Waals surface area contributed by atoms with E-state index < -0.39 is 0 Å². The van der Waals surface area contributed by atoms with Gasteiger partial charge in [0, 0.05) is 24.2 Å². The SMILES string of the molecule is CCNc1nc(CC)nc(-n2nc(C)c(CC)c2C)c1C. The summed E-state index contributed by atoms with van der Waals surface area (Å²) >= 11 is 0. The minimum absolute atomic E-state index is 0.811. The third-order valence-electron chi connectivity index (χ3n) is 3.82. The predicted octanol–water partition coefficient (Wildman–Crippen LogP) is 3.14. The lowest BCUT2D eigenvalue weighted by Crippen LogP contribution is -2.12. The molecule has 2 heterocycles. The smallest absolute Gasteiger partial charge is 0.162 e. The van der Waals surface area contributed by atoms with Crippen LogP contribution in [0.25, 0.3) is 5.82 Å². The van der Waals surface area contributed by atoms with E-state index in [4.69, 9.17) is 4.98 Å². The van der Waals surface area contributed by atoms with Crippen molar-refractivity contribution in [3.8, 4) is 5.82 Å². The maximum absolute atomic E-state index is 4.70. The number of aromatic nitrogens is 4. The van der Waals surface area contributed by atoms with Crippen LogP contribution in [0.3, 0.4) is 0 Å². The zero-order valence-electron chi connectivity index (χ0n) is 13.9. The molecule has 0 saturated heterocycles. The van der Waals surface area contributed by atoms with Crippen LogP contribution in [0.1, 0.15) is 49.1 Å². The van der Waals surface area contributed by atoms with E-state index in [1.807, 2.05) is 4.68 Å². The maximum atomic E-state index is 4.70. The van der Waals surface area contributed by atoms with Gasteiger partial charge in [0.2, 0.25) is 0 Å². The standard InChI is InChI=1S/C16H25N5/c1-7-13-11(5)20-21(12(13)6)16-10(4)15(17-9-3)18-14(8-2)19-16/h7-9H2,1-6H3,(H,17,18,19). The predicted molar refractivity (Wildman–Crippen MR) is 86.3 cm³/mol. The van der Waals surface area contributed by atoms with Gasteiger partial charge >= 0.3 is 0 Å². The van der Waals surface area contributed by atoms with Crippen molar-refractivity contribution in [3.63, 3.8) is 0 Å². The quantitative estimate of drug-likeness (QED) is 0.918.